The second-order valence-electron chi connectivity index (χ2n) is 11.4. The van der Waals surface area contributed by atoms with Crippen molar-refractivity contribution < 1.29 is 4.42 Å². The number of furan rings is 1. The molecule has 9 rings (SSSR count). The van der Waals surface area contributed by atoms with E-state index < -0.39 is 0 Å². The van der Waals surface area contributed by atoms with Gasteiger partial charge < -0.3 is 9.73 Å². The van der Waals surface area contributed by atoms with E-state index >= 15 is 0 Å². The maximum absolute atomic E-state index is 6.68. The summed E-state index contributed by atoms with van der Waals surface area (Å²) in [6.07, 6.45) is -0.273. The molecular weight excluding hydrogens is 550 g/mol. The molecule has 45 heavy (non-hydrogen) atoms. The lowest BCUT2D eigenvalue weighted by Crippen LogP contribution is -2.33. The van der Waals surface area contributed by atoms with E-state index in [4.69, 9.17) is 14.4 Å². The Balaban J connectivity index is 1.22. The quantitative estimate of drug-likeness (QED) is 0.212. The number of hydrogen-bond acceptors (Lipinski definition) is 4. The number of hydrogen-bond donors (Lipinski definition) is 1. The van der Waals surface area contributed by atoms with Crippen LogP contribution in [0.2, 0.25) is 0 Å². The van der Waals surface area contributed by atoms with Gasteiger partial charge in [-0.15, -0.1) is 0 Å². The molecule has 8 aromatic rings. The Kier molecular flexibility index (Phi) is 5.85. The molecule has 1 aromatic heterocycles. The summed E-state index contributed by atoms with van der Waals surface area (Å²) in [5, 5.41) is 10.7. The molecule has 0 spiro atoms. The summed E-state index contributed by atoms with van der Waals surface area (Å²) in [5.74, 6) is 1.47. The Morgan fingerprint density at radius 2 is 1.22 bits per heavy atom. The van der Waals surface area contributed by atoms with Crippen LogP contribution in [-0.2, 0) is 0 Å². The van der Waals surface area contributed by atoms with Gasteiger partial charge in [0.2, 0.25) is 0 Å². The molecule has 4 nitrogen and oxygen atoms in total. The molecule has 212 valence electrons. The smallest absolute Gasteiger partial charge is 0.159 e. The zero-order chi connectivity index (χ0) is 29.7. The van der Waals surface area contributed by atoms with Crippen molar-refractivity contribution in [2.75, 3.05) is 0 Å². The first-order valence-corrected chi connectivity index (χ1v) is 15.2. The largest absolute Gasteiger partial charge is 0.455 e. The van der Waals surface area contributed by atoms with Gasteiger partial charge in [0.25, 0.3) is 0 Å². The predicted octanol–water partition coefficient (Wildman–Crippen LogP) is 10.1. The minimum absolute atomic E-state index is 0.273. The van der Waals surface area contributed by atoms with Crippen molar-refractivity contribution >= 4 is 55.2 Å². The van der Waals surface area contributed by atoms with Crippen molar-refractivity contribution in [3.05, 3.63) is 168 Å². The molecule has 1 atom stereocenters. The normalized spacial score (nSPS) is 14.9. The van der Waals surface area contributed by atoms with E-state index in [1.54, 1.807) is 0 Å². The van der Waals surface area contributed by atoms with Crippen LogP contribution in [0.3, 0.4) is 0 Å². The van der Waals surface area contributed by atoms with Crippen molar-refractivity contribution in [1.82, 2.24) is 5.32 Å². The molecule has 1 unspecified atom stereocenters. The number of aliphatic imine (C=N–C) groups is 2. The number of nitrogens with zero attached hydrogens (tertiary/aromatic N) is 2. The molecule has 0 saturated heterocycles. The van der Waals surface area contributed by atoms with Crippen molar-refractivity contribution in [1.29, 1.82) is 0 Å². The molecule has 0 fully saturated rings. The second kappa shape index (κ2) is 10.3. The molecule has 0 saturated carbocycles. The lowest BCUT2D eigenvalue weighted by Gasteiger charge is -2.24. The molecular formula is C41H27N3O. The van der Waals surface area contributed by atoms with Gasteiger partial charge in [-0.25, -0.2) is 9.98 Å². The third-order valence-corrected chi connectivity index (χ3v) is 8.73. The van der Waals surface area contributed by atoms with Crippen molar-refractivity contribution in [2.24, 2.45) is 9.98 Å². The van der Waals surface area contributed by atoms with Gasteiger partial charge in [-0.1, -0.05) is 140 Å². The highest BCUT2D eigenvalue weighted by Gasteiger charge is 2.24. The van der Waals surface area contributed by atoms with Gasteiger partial charge in [0.05, 0.1) is 0 Å². The van der Waals surface area contributed by atoms with Crippen LogP contribution in [0.4, 0.5) is 0 Å². The average Bonchev–Trinajstić information content (AvgIpc) is 3.51. The summed E-state index contributed by atoms with van der Waals surface area (Å²) >= 11 is 0. The molecule has 1 N–H and O–H groups in total. The van der Waals surface area contributed by atoms with Crippen LogP contribution in [0.15, 0.2) is 166 Å². The summed E-state index contributed by atoms with van der Waals surface area (Å²) in [5.41, 5.74) is 6.93. The average molecular weight is 578 g/mol. The van der Waals surface area contributed by atoms with Crippen LogP contribution in [0, 0.1) is 0 Å². The van der Waals surface area contributed by atoms with Gasteiger partial charge >= 0.3 is 0 Å². The Hall–Kier alpha value is -6.00. The molecule has 1 aliphatic heterocycles. The highest BCUT2D eigenvalue weighted by atomic mass is 16.3. The molecule has 0 aliphatic carbocycles. The van der Waals surface area contributed by atoms with Crippen LogP contribution in [0.1, 0.15) is 22.9 Å². The van der Waals surface area contributed by atoms with Gasteiger partial charge in [-0.3, -0.25) is 0 Å². The number of fused-ring (bicyclic) bond motifs is 6. The molecule has 7 aromatic carbocycles. The molecule has 0 bridgehead atoms. The summed E-state index contributed by atoms with van der Waals surface area (Å²) in [7, 11) is 0. The van der Waals surface area contributed by atoms with Crippen LogP contribution in [-0.4, -0.2) is 11.7 Å². The van der Waals surface area contributed by atoms with E-state index in [0.29, 0.717) is 5.84 Å². The van der Waals surface area contributed by atoms with E-state index in [0.717, 1.165) is 55.6 Å². The Morgan fingerprint density at radius 3 is 2.09 bits per heavy atom. The zero-order valence-electron chi connectivity index (χ0n) is 24.3. The number of amidine groups is 2. The fourth-order valence-electron chi connectivity index (χ4n) is 6.55. The number of benzene rings is 7. The first-order valence-electron chi connectivity index (χ1n) is 15.2. The first kappa shape index (κ1) is 25.5. The highest BCUT2D eigenvalue weighted by molar-refractivity contribution is 6.23. The first-order chi connectivity index (χ1) is 22.3. The monoisotopic (exact) mass is 577 g/mol. The maximum Gasteiger partial charge on any atom is 0.159 e. The highest BCUT2D eigenvalue weighted by Crippen LogP contribution is 2.39. The molecule has 2 heterocycles. The SMILES string of the molecule is c1ccc(C2=NC(c3ccccc3)NC(c3cccc4oc5c(-c6ccc7ccc8ccccc8c7c6)cccc5c34)=N2)cc1. The van der Waals surface area contributed by atoms with Crippen molar-refractivity contribution in [2.45, 2.75) is 6.17 Å². The zero-order valence-corrected chi connectivity index (χ0v) is 24.3. The lowest BCUT2D eigenvalue weighted by molar-refractivity contribution is 0.668. The Bertz CT molecular complexity index is 2460. The van der Waals surface area contributed by atoms with Crippen LogP contribution >= 0.6 is 0 Å². The van der Waals surface area contributed by atoms with E-state index in [1.165, 1.54) is 21.5 Å². The minimum atomic E-state index is -0.273. The fourth-order valence-corrected chi connectivity index (χ4v) is 6.55. The van der Waals surface area contributed by atoms with E-state index in [2.05, 4.69) is 108 Å². The third-order valence-electron chi connectivity index (χ3n) is 8.73. The van der Waals surface area contributed by atoms with Crippen LogP contribution in [0.5, 0.6) is 0 Å². The third kappa shape index (κ3) is 4.30. The topological polar surface area (TPSA) is 49.9 Å². The minimum Gasteiger partial charge on any atom is -0.455 e. The van der Waals surface area contributed by atoms with Gasteiger partial charge in [-0.2, -0.15) is 0 Å². The molecule has 4 heteroatoms. The van der Waals surface area contributed by atoms with Gasteiger partial charge in [0.1, 0.15) is 23.2 Å². The summed E-state index contributed by atoms with van der Waals surface area (Å²) in [6.45, 7) is 0. The van der Waals surface area contributed by atoms with E-state index in [1.807, 2.05) is 48.5 Å². The summed E-state index contributed by atoms with van der Waals surface area (Å²) < 4.78 is 6.68. The lowest BCUT2D eigenvalue weighted by atomic mass is 9.96. The van der Waals surface area contributed by atoms with Gasteiger partial charge in [-0.05, 0) is 44.8 Å². The summed E-state index contributed by atoms with van der Waals surface area (Å²) in [4.78, 5) is 10.1. The number of rotatable bonds is 4. The van der Waals surface area contributed by atoms with Gasteiger partial charge in [0.15, 0.2) is 5.84 Å². The number of para-hydroxylation sites is 1. The van der Waals surface area contributed by atoms with Crippen molar-refractivity contribution in [3.63, 3.8) is 0 Å². The number of nitrogens with one attached hydrogen (secondary N) is 1. The summed E-state index contributed by atoms with van der Waals surface area (Å²) in [6, 6.07) is 52.7. The predicted molar refractivity (Wildman–Crippen MR) is 186 cm³/mol. The maximum atomic E-state index is 6.68. The molecule has 0 radical (unpaired) electrons. The van der Waals surface area contributed by atoms with E-state index in [9.17, 15) is 0 Å². The second-order valence-corrected chi connectivity index (χ2v) is 11.4. The van der Waals surface area contributed by atoms with Crippen LogP contribution < -0.4 is 5.32 Å². The fraction of sp³-hybridized carbons (Fsp3) is 0.0244. The molecule has 0 amide bonds. The Labute approximate surface area is 260 Å². The van der Waals surface area contributed by atoms with E-state index in [-0.39, 0.29) is 6.17 Å². The Morgan fingerprint density at radius 1 is 0.533 bits per heavy atom. The van der Waals surface area contributed by atoms with Gasteiger partial charge in [0, 0.05) is 27.5 Å². The molecule has 1 aliphatic rings. The van der Waals surface area contributed by atoms with Crippen LogP contribution in [0.25, 0.3) is 54.6 Å². The van der Waals surface area contributed by atoms with Crippen molar-refractivity contribution in [3.8, 4) is 11.1 Å². The standard InChI is InChI=1S/C41H27N3O/c1-3-12-28(13-4-1)39-42-40(29-14-5-2-6-15-29)44-41(43-39)34-19-10-20-36-37(34)33-18-9-17-32(38(33)45-36)30-24-23-27-22-21-26-11-7-8-16-31(26)35(27)25-30/h1-25,39H,(H,42,43,44).